The highest BCUT2D eigenvalue weighted by atomic mass is 32.2. The van der Waals surface area contributed by atoms with Crippen LogP contribution in [0.15, 0.2) is 18.3 Å². The van der Waals surface area contributed by atoms with E-state index < -0.39 is 21.8 Å². The van der Waals surface area contributed by atoms with Crippen LogP contribution in [-0.2, 0) is 14.6 Å². The first-order chi connectivity index (χ1) is 12.7. The van der Waals surface area contributed by atoms with Crippen LogP contribution in [-0.4, -0.2) is 84.6 Å². The van der Waals surface area contributed by atoms with Crippen LogP contribution in [0, 0.1) is 0 Å². The fraction of sp³-hybridized carbons (Fsp3) is 0.529. The Labute approximate surface area is 157 Å². The van der Waals surface area contributed by atoms with E-state index in [1.54, 1.807) is 9.80 Å². The molecule has 0 bridgehead atoms. The monoisotopic (exact) mass is 394 g/mol. The Hall–Kier alpha value is -2.49. The van der Waals surface area contributed by atoms with Crippen molar-refractivity contribution < 1.29 is 22.8 Å². The Kier molecular flexibility index (Phi) is 5.45. The molecule has 0 aliphatic carbocycles. The molecular formula is C17H22N4O5S. The number of hydrogen-bond acceptors (Lipinski definition) is 6. The molecule has 27 heavy (non-hydrogen) atoms. The predicted molar refractivity (Wildman–Crippen MR) is 96.9 cm³/mol. The molecule has 1 N–H and O–H groups in total. The molecule has 1 aromatic rings. The molecule has 9 nitrogen and oxygen atoms in total. The van der Waals surface area contributed by atoms with Crippen LogP contribution >= 0.6 is 0 Å². The molecule has 1 atom stereocenters. The largest absolute Gasteiger partial charge is 0.348 e. The zero-order chi connectivity index (χ0) is 19.6. The third-order valence-electron chi connectivity index (χ3n) is 4.82. The molecule has 2 saturated heterocycles. The van der Waals surface area contributed by atoms with Gasteiger partial charge in [0.15, 0.2) is 9.84 Å². The average molecular weight is 394 g/mol. The molecule has 2 aliphatic rings. The van der Waals surface area contributed by atoms with Gasteiger partial charge in [-0.05, 0) is 18.6 Å². The number of carbonyl (C=O) groups excluding carboxylic acids is 3. The summed E-state index contributed by atoms with van der Waals surface area (Å²) in [7, 11) is -3.09. The molecule has 1 unspecified atom stereocenters. The number of aromatic nitrogens is 1. The maximum Gasteiger partial charge on any atom is 0.272 e. The van der Waals surface area contributed by atoms with E-state index in [4.69, 9.17) is 0 Å². The quantitative estimate of drug-likeness (QED) is 0.725. The summed E-state index contributed by atoms with van der Waals surface area (Å²) < 4.78 is 23.0. The zero-order valence-corrected chi connectivity index (χ0v) is 15.9. The highest BCUT2D eigenvalue weighted by Gasteiger charge is 2.29. The first-order valence-corrected chi connectivity index (χ1v) is 10.6. The van der Waals surface area contributed by atoms with Crippen LogP contribution in [0.2, 0.25) is 0 Å². The van der Waals surface area contributed by atoms with Crippen molar-refractivity contribution in [1.29, 1.82) is 0 Å². The Morgan fingerprint density at radius 3 is 2.41 bits per heavy atom. The summed E-state index contributed by atoms with van der Waals surface area (Å²) >= 11 is 0. The molecule has 3 heterocycles. The van der Waals surface area contributed by atoms with Crippen molar-refractivity contribution in [2.45, 2.75) is 19.4 Å². The van der Waals surface area contributed by atoms with E-state index in [0.717, 1.165) is 0 Å². The number of carbonyl (C=O) groups is 3. The Balaban J connectivity index is 1.64. The van der Waals surface area contributed by atoms with Gasteiger partial charge >= 0.3 is 0 Å². The molecule has 146 valence electrons. The fourth-order valence-electron chi connectivity index (χ4n) is 3.25. The first-order valence-electron chi connectivity index (χ1n) is 8.77. The van der Waals surface area contributed by atoms with Crippen molar-refractivity contribution >= 4 is 27.6 Å². The third kappa shape index (κ3) is 4.62. The molecule has 0 aromatic carbocycles. The highest BCUT2D eigenvalue weighted by molar-refractivity contribution is 7.91. The van der Waals surface area contributed by atoms with Crippen molar-refractivity contribution in [3.8, 4) is 0 Å². The van der Waals surface area contributed by atoms with Gasteiger partial charge in [0.2, 0.25) is 5.91 Å². The van der Waals surface area contributed by atoms with Gasteiger partial charge in [0, 0.05) is 50.9 Å². The average Bonchev–Trinajstić information content (AvgIpc) is 2.99. The molecule has 2 aliphatic heterocycles. The van der Waals surface area contributed by atoms with E-state index in [2.05, 4.69) is 10.3 Å². The molecule has 0 saturated carbocycles. The third-order valence-corrected chi connectivity index (χ3v) is 6.59. The Morgan fingerprint density at radius 2 is 1.81 bits per heavy atom. The SMILES string of the molecule is CC(=O)N1CCN(C(=O)c2cc(C(=O)NC3CCS(=O)(=O)C3)ccn2)CC1. The van der Waals surface area contributed by atoms with Crippen molar-refractivity contribution in [2.24, 2.45) is 0 Å². The molecule has 3 rings (SSSR count). The predicted octanol–water partition coefficient (Wildman–Crippen LogP) is -0.697. The van der Waals surface area contributed by atoms with Gasteiger partial charge in [-0.15, -0.1) is 0 Å². The number of rotatable bonds is 3. The number of hydrogen-bond donors (Lipinski definition) is 1. The summed E-state index contributed by atoms with van der Waals surface area (Å²) in [4.78, 5) is 43.7. The Morgan fingerprint density at radius 1 is 1.15 bits per heavy atom. The lowest BCUT2D eigenvalue weighted by atomic mass is 10.1. The van der Waals surface area contributed by atoms with E-state index in [-0.39, 0.29) is 34.6 Å². The first kappa shape index (κ1) is 19.3. The second-order valence-electron chi connectivity index (χ2n) is 6.80. The second kappa shape index (κ2) is 7.63. The molecule has 2 fully saturated rings. The smallest absolute Gasteiger partial charge is 0.272 e. The highest BCUT2D eigenvalue weighted by Crippen LogP contribution is 2.13. The topological polar surface area (TPSA) is 117 Å². The number of sulfone groups is 1. The molecule has 0 spiro atoms. The lowest BCUT2D eigenvalue weighted by molar-refractivity contribution is -0.130. The van der Waals surface area contributed by atoms with E-state index in [0.29, 0.717) is 32.6 Å². The standard InChI is InChI=1S/C17H22N4O5S/c1-12(22)20-5-7-21(8-6-20)17(24)15-10-13(2-4-18-15)16(23)19-14-3-9-27(25,26)11-14/h2,4,10,14H,3,5-9,11H2,1H3,(H,19,23). The van der Waals surface area contributed by atoms with E-state index >= 15 is 0 Å². The van der Waals surface area contributed by atoms with Gasteiger partial charge in [0.1, 0.15) is 5.69 Å². The summed E-state index contributed by atoms with van der Waals surface area (Å²) in [5.41, 5.74) is 0.415. The van der Waals surface area contributed by atoms with Gasteiger partial charge in [-0.25, -0.2) is 8.42 Å². The van der Waals surface area contributed by atoms with E-state index in [1.165, 1.54) is 25.3 Å². The lowest BCUT2D eigenvalue weighted by Crippen LogP contribution is -2.50. The van der Waals surface area contributed by atoms with Gasteiger partial charge < -0.3 is 15.1 Å². The van der Waals surface area contributed by atoms with Gasteiger partial charge in [-0.2, -0.15) is 0 Å². The minimum absolute atomic E-state index is 0.0205. The van der Waals surface area contributed by atoms with Gasteiger partial charge in [0.25, 0.3) is 11.8 Å². The van der Waals surface area contributed by atoms with Crippen molar-refractivity contribution in [3.63, 3.8) is 0 Å². The van der Waals surface area contributed by atoms with Crippen molar-refractivity contribution in [2.75, 3.05) is 37.7 Å². The van der Waals surface area contributed by atoms with Crippen LogP contribution in [0.1, 0.15) is 34.2 Å². The van der Waals surface area contributed by atoms with Crippen molar-refractivity contribution in [3.05, 3.63) is 29.6 Å². The van der Waals surface area contributed by atoms with Gasteiger partial charge in [-0.3, -0.25) is 19.4 Å². The second-order valence-corrected chi connectivity index (χ2v) is 9.03. The summed E-state index contributed by atoms with van der Waals surface area (Å²) in [6, 6.07) is 2.50. The maximum atomic E-state index is 12.6. The minimum Gasteiger partial charge on any atom is -0.348 e. The lowest BCUT2D eigenvalue weighted by Gasteiger charge is -2.34. The van der Waals surface area contributed by atoms with Crippen LogP contribution in [0.5, 0.6) is 0 Å². The number of pyridine rings is 1. The fourth-order valence-corrected chi connectivity index (χ4v) is 4.93. The summed E-state index contributed by atoms with van der Waals surface area (Å²) in [6.07, 6.45) is 1.78. The van der Waals surface area contributed by atoms with Gasteiger partial charge in [-0.1, -0.05) is 0 Å². The number of piperazine rings is 1. The van der Waals surface area contributed by atoms with Crippen LogP contribution in [0.3, 0.4) is 0 Å². The number of amides is 3. The summed E-state index contributed by atoms with van der Waals surface area (Å²) in [6.45, 7) is 3.26. The molecule has 0 radical (unpaired) electrons. The number of nitrogens with zero attached hydrogens (tertiary/aromatic N) is 3. The van der Waals surface area contributed by atoms with E-state index in [9.17, 15) is 22.8 Å². The normalized spacial score (nSPS) is 21.7. The molecule has 10 heteroatoms. The van der Waals surface area contributed by atoms with E-state index in [1.807, 2.05) is 0 Å². The zero-order valence-electron chi connectivity index (χ0n) is 15.1. The Bertz CT molecular complexity index is 862. The maximum absolute atomic E-state index is 12.6. The van der Waals surface area contributed by atoms with Crippen LogP contribution in [0.4, 0.5) is 0 Å². The van der Waals surface area contributed by atoms with Crippen LogP contribution < -0.4 is 5.32 Å². The summed E-state index contributed by atoms with van der Waals surface area (Å²) in [5.74, 6) is -0.723. The minimum atomic E-state index is -3.09. The molecular weight excluding hydrogens is 372 g/mol. The van der Waals surface area contributed by atoms with Gasteiger partial charge in [0.05, 0.1) is 11.5 Å². The molecule has 1 aromatic heterocycles. The van der Waals surface area contributed by atoms with Crippen molar-refractivity contribution in [1.82, 2.24) is 20.1 Å². The number of nitrogens with one attached hydrogen (secondary N) is 1. The van der Waals surface area contributed by atoms with Crippen LogP contribution in [0.25, 0.3) is 0 Å². The summed E-state index contributed by atoms with van der Waals surface area (Å²) in [5, 5.41) is 2.70. The molecule has 3 amide bonds.